The van der Waals surface area contributed by atoms with E-state index in [9.17, 15) is 4.79 Å². The number of benzene rings is 3. The zero-order valence-electron chi connectivity index (χ0n) is 35.8. The topological polar surface area (TPSA) is 65.0 Å². The van der Waals surface area contributed by atoms with Gasteiger partial charge < -0.3 is 0 Å². The number of carbonyl (C=O) groups excluding carboxylic acids is 1. The Hall–Kier alpha value is -1.64. The second-order valence-electron chi connectivity index (χ2n) is 14.9. The molecule has 0 saturated heterocycles. The Kier molecular flexibility index (Phi) is 22.9. The number of halogens is 5. The van der Waals surface area contributed by atoms with Crippen molar-refractivity contribution < 1.29 is 9.53 Å². The summed E-state index contributed by atoms with van der Waals surface area (Å²) >= 11 is 16.1. The maximum Gasteiger partial charge on any atom is 0.178 e. The van der Waals surface area contributed by atoms with Crippen LogP contribution >= 0.6 is 82.0 Å². The first-order valence-corrected chi connectivity index (χ1v) is 31.7. The van der Waals surface area contributed by atoms with E-state index in [1.165, 1.54) is 66.6 Å². The molecule has 11 heteroatoms. The average molecular weight is 1230 g/mol. The monoisotopic (exact) mass is 1230 g/mol. The molecule has 59 heavy (non-hydrogen) atoms. The van der Waals surface area contributed by atoms with Gasteiger partial charge in [0.25, 0.3) is 0 Å². The molecule has 6 aromatic rings. The van der Waals surface area contributed by atoms with Gasteiger partial charge in [-0.25, -0.2) is 15.0 Å². The number of carbonyl (C=O) groups is 1. The molecule has 0 unspecified atom stereocenters. The van der Waals surface area contributed by atoms with Crippen molar-refractivity contribution >= 4 is 139 Å². The molecule has 316 valence electrons. The molecule has 0 radical (unpaired) electrons. The zero-order valence-corrected chi connectivity index (χ0v) is 46.3. The van der Waals surface area contributed by atoms with Crippen LogP contribution in [0.25, 0.3) is 32.7 Å². The molecule has 0 aliphatic rings. The number of pyridine rings is 3. The van der Waals surface area contributed by atoms with E-state index in [4.69, 9.17) is 16.3 Å². The molecule has 0 saturated carbocycles. The molecule has 5 nitrogen and oxygen atoms in total. The molecule has 0 aliphatic heterocycles. The summed E-state index contributed by atoms with van der Waals surface area (Å²) in [6.45, 7) is 21.7. The summed E-state index contributed by atoms with van der Waals surface area (Å²) in [6, 6.07) is 24.2. The van der Waals surface area contributed by atoms with Crippen molar-refractivity contribution in [3.63, 3.8) is 0 Å². The van der Waals surface area contributed by atoms with Crippen LogP contribution in [0, 0.1) is 24.5 Å². The minimum atomic E-state index is -2.24. The number of hydrogen-bond acceptors (Lipinski definition) is 5. The van der Waals surface area contributed by atoms with E-state index >= 15 is 0 Å². The predicted octanol–water partition coefficient (Wildman–Crippen LogP) is 17.3. The second kappa shape index (κ2) is 26.1. The molecule has 3 aromatic carbocycles. The summed E-state index contributed by atoms with van der Waals surface area (Å²) in [6.07, 6.45) is 8.10. The smallest absolute Gasteiger partial charge is 0.178 e. The van der Waals surface area contributed by atoms with Crippen LogP contribution < -0.4 is 0 Å². The third-order valence-corrected chi connectivity index (χ3v) is 28.0. The normalized spacial score (nSPS) is 10.9. The van der Waals surface area contributed by atoms with E-state index in [0.29, 0.717) is 10.8 Å². The van der Waals surface area contributed by atoms with Crippen molar-refractivity contribution in [1.82, 2.24) is 15.0 Å². The van der Waals surface area contributed by atoms with Gasteiger partial charge in [-0.2, -0.15) is 0 Å². The van der Waals surface area contributed by atoms with E-state index < -0.39 is 18.4 Å². The van der Waals surface area contributed by atoms with Crippen LogP contribution in [0.2, 0.25) is 18.5 Å². The fraction of sp³-hybridized carbons (Fsp3) is 0.375. The SMILES string of the molecule is C=[C](OCC)[Sn]([CH2]CCC)([CH2]CCC)[CH2]CCC.CC(=O)c1nc2cc(Br)ccc2cc1C.Cc1cc2ccc(Br)cc2nc1Cl.Cc1cc2ccc(Br)cc2nc1I. The molecule has 0 atom stereocenters. The summed E-state index contributed by atoms with van der Waals surface area (Å²) in [5.74, 6) is 0.00868. The molecular weight excluding hydrogens is 1170 g/mol. The number of hydrogen-bond donors (Lipinski definition) is 0. The van der Waals surface area contributed by atoms with Gasteiger partial charge in [0.05, 0.1) is 16.6 Å². The van der Waals surface area contributed by atoms with Gasteiger partial charge in [0.2, 0.25) is 0 Å². The second-order valence-corrected chi connectivity index (χ2v) is 32.2. The molecule has 0 N–H and O–H groups in total. The first-order chi connectivity index (χ1) is 28.1. The van der Waals surface area contributed by atoms with Gasteiger partial charge in [-0.1, -0.05) is 77.6 Å². The summed E-state index contributed by atoms with van der Waals surface area (Å²) in [5, 5.41) is 3.94. The van der Waals surface area contributed by atoms with Crippen molar-refractivity contribution in [2.24, 2.45) is 0 Å². The van der Waals surface area contributed by atoms with Crippen LogP contribution in [-0.2, 0) is 4.74 Å². The molecular formula is C48H58Br3ClIN3O2Sn. The summed E-state index contributed by atoms with van der Waals surface area (Å²) < 4.78 is 15.7. The number of nitrogens with zero attached hydrogens (tertiary/aromatic N) is 3. The van der Waals surface area contributed by atoms with Gasteiger partial charge in [-0.15, -0.1) is 0 Å². The first-order valence-electron chi connectivity index (χ1n) is 20.4. The van der Waals surface area contributed by atoms with Crippen molar-refractivity contribution in [2.75, 3.05) is 6.61 Å². The van der Waals surface area contributed by atoms with E-state index in [-0.39, 0.29) is 5.78 Å². The van der Waals surface area contributed by atoms with E-state index in [1.807, 2.05) is 74.5 Å². The quantitative estimate of drug-likeness (QED) is 0.0379. The summed E-state index contributed by atoms with van der Waals surface area (Å²) in [4.78, 5) is 24.4. The predicted molar refractivity (Wildman–Crippen MR) is 276 cm³/mol. The number of fused-ring (bicyclic) bond motifs is 3. The molecule has 3 aromatic heterocycles. The van der Waals surface area contributed by atoms with Crippen molar-refractivity contribution in [3.05, 3.63) is 128 Å². The number of rotatable bonds is 13. The maximum atomic E-state index is 11.3. The molecule has 0 aliphatic carbocycles. The Labute approximate surface area is 400 Å². The average Bonchev–Trinajstić information content (AvgIpc) is 3.19. The van der Waals surface area contributed by atoms with Gasteiger partial charge in [-0.3, -0.25) is 4.79 Å². The van der Waals surface area contributed by atoms with Crippen LogP contribution in [0.4, 0.5) is 0 Å². The number of aromatic nitrogens is 3. The van der Waals surface area contributed by atoms with Gasteiger partial charge in [-0.05, 0) is 115 Å². The third kappa shape index (κ3) is 16.2. The van der Waals surface area contributed by atoms with Crippen LogP contribution in [0.5, 0.6) is 0 Å². The zero-order chi connectivity index (χ0) is 43.7. The number of ketones is 1. The number of unbranched alkanes of at least 4 members (excludes halogenated alkanes) is 3. The number of Topliss-reactive ketones (excluding diaryl/α,β-unsaturated/α-hetero) is 1. The molecule has 0 fully saturated rings. The standard InChI is InChI=1S/C12H10BrNO.C10H7BrClN.C10H7BrIN.C4H7O.3C4H9.Sn/c1-7-5-9-3-4-10(13)6-11(9)14-12(7)8(2)15;2*1-6-4-7-2-3-8(11)5-9(7)13-10(6)12;1-3-5-4-2;3*1-3-4-2;/h3-6H,1-2H3;2*2-5H,1H3;1,4H2,2H3;3*1,3-4H2,2H3;. The molecule has 0 amide bonds. The van der Waals surface area contributed by atoms with Crippen molar-refractivity contribution in [3.8, 4) is 0 Å². The Balaban J connectivity index is 0.000000212. The Morgan fingerprint density at radius 1 is 0.661 bits per heavy atom. The van der Waals surface area contributed by atoms with Crippen molar-refractivity contribution in [2.45, 2.75) is 107 Å². The Morgan fingerprint density at radius 2 is 1.07 bits per heavy atom. The van der Waals surface area contributed by atoms with E-state index in [0.717, 1.165) is 62.2 Å². The van der Waals surface area contributed by atoms with Crippen LogP contribution in [-0.4, -0.2) is 45.7 Å². The Bertz CT molecular complexity index is 2230. The van der Waals surface area contributed by atoms with Gasteiger partial charge in [0, 0.05) is 36.5 Å². The fourth-order valence-corrected chi connectivity index (χ4v) is 23.0. The Morgan fingerprint density at radius 3 is 1.49 bits per heavy atom. The fourth-order valence-electron chi connectivity index (χ4n) is 6.71. The summed E-state index contributed by atoms with van der Waals surface area (Å²) in [5.41, 5.74) is 6.54. The molecule has 6 rings (SSSR count). The third-order valence-electron chi connectivity index (χ3n) is 10.1. The number of aryl methyl sites for hydroxylation is 3. The van der Waals surface area contributed by atoms with Gasteiger partial charge in [0.15, 0.2) is 5.78 Å². The molecule has 0 spiro atoms. The largest absolute Gasteiger partial charge is 0.293 e. The van der Waals surface area contributed by atoms with Crippen molar-refractivity contribution in [1.29, 1.82) is 0 Å². The minimum absolute atomic E-state index is 0.00868. The van der Waals surface area contributed by atoms with Crippen LogP contribution in [0.15, 0.2) is 96.6 Å². The van der Waals surface area contributed by atoms with Crippen LogP contribution in [0.1, 0.15) is 100 Å². The molecule has 3 heterocycles. The maximum absolute atomic E-state index is 11.3. The summed E-state index contributed by atoms with van der Waals surface area (Å²) in [7, 11) is 0. The van der Waals surface area contributed by atoms with Crippen LogP contribution in [0.3, 0.4) is 0 Å². The van der Waals surface area contributed by atoms with E-state index in [2.05, 4.69) is 139 Å². The minimum Gasteiger partial charge on any atom is -0.293 e. The number of ether oxygens (including phenoxy) is 1. The van der Waals surface area contributed by atoms with Gasteiger partial charge in [0.1, 0.15) is 14.5 Å². The van der Waals surface area contributed by atoms with Gasteiger partial charge >= 0.3 is 120 Å². The molecule has 0 bridgehead atoms. The first kappa shape index (κ1) is 51.7. The van der Waals surface area contributed by atoms with E-state index in [1.54, 1.807) is 6.92 Å².